The van der Waals surface area contributed by atoms with Crippen LogP contribution in [-0.4, -0.2) is 35.6 Å². The first-order valence-electron chi connectivity index (χ1n) is 11.9. The van der Waals surface area contributed by atoms with Crippen molar-refractivity contribution in [3.05, 3.63) is 92.8 Å². The summed E-state index contributed by atoms with van der Waals surface area (Å²) >= 11 is 4.21. The van der Waals surface area contributed by atoms with E-state index in [4.69, 9.17) is 9.47 Å². The van der Waals surface area contributed by atoms with E-state index in [1.165, 1.54) is 7.11 Å². The molecule has 196 valence electrons. The highest BCUT2D eigenvalue weighted by Crippen LogP contribution is 2.35. The molecule has 0 aliphatic carbocycles. The molecule has 0 bridgehead atoms. The van der Waals surface area contributed by atoms with Gasteiger partial charge in [0.25, 0.3) is 11.1 Å². The number of hydrogen-bond acceptors (Lipinski definition) is 6. The fraction of sp³-hybridized carbons (Fsp3) is 0.207. The molecular formula is C29H27BrN2O5S. The van der Waals surface area contributed by atoms with Gasteiger partial charge in [0.15, 0.2) is 11.5 Å². The number of amides is 3. The minimum atomic E-state index is -0.514. The maximum Gasteiger partial charge on any atom is 0.294 e. The molecule has 7 nitrogen and oxygen atoms in total. The van der Waals surface area contributed by atoms with E-state index in [0.29, 0.717) is 35.3 Å². The number of anilines is 1. The molecule has 0 saturated carbocycles. The Hall–Kier alpha value is -3.56. The van der Waals surface area contributed by atoms with E-state index in [9.17, 15) is 14.4 Å². The van der Waals surface area contributed by atoms with Crippen LogP contribution >= 0.6 is 27.7 Å². The zero-order valence-electron chi connectivity index (χ0n) is 21.2. The summed E-state index contributed by atoms with van der Waals surface area (Å²) in [5.74, 6) is 0.471. The molecule has 3 aromatic rings. The lowest BCUT2D eigenvalue weighted by atomic mass is 10.0. The number of methoxy groups -OCH3 is 1. The van der Waals surface area contributed by atoms with Crippen LogP contribution in [0.1, 0.15) is 36.5 Å². The van der Waals surface area contributed by atoms with E-state index in [2.05, 4.69) is 35.1 Å². The number of halogens is 1. The van der Waals surface area contributed by atoms with Gasteiger partial charge in [-0.1, -0.05) is 60.1 Å². The topological polar surface area (TPSA) is 84.9 Å². The fourth-order valence-corrected chi connectivity index (χ4v) is 4.82. The lowest BCUT2D eigenvalue weighted by molar-refractivity contribution is -0.127. The number of imide groups is 1. The van der Waals surface area contributed by atoms with Crippen molar-refractivity contribution < 1.29 is 23.9 Å². The summed E-state index contributed by atoms with van der Waals surface area (Å²) in [5, 5.41) is 2.25. The van der Waals surface area contributed by atoms with E-state index < -0.39 is 17.1 Å². The number of thioether (sulfide) groups is 1. The molecule has 0 aromatic heterocycles. The van der Waals surface area contributed by atoms with Gasteiger partial charge in [0.2, 0.25) is 5.91 Å². The predicted octanol–water partition coefficient (Wildman–Crippen LogP) is 6.84. The Kier molecular flexibility index (Phi) is 8.91. The van der Waals surface area contributed by atoms with E-state index in [1.54, 1.807) is 36.4 Å². The third-order valence-corrected chi connectivity index (χ3v) is 7.27. The van der Waals surface area contributed by atoms with Gasteiger partial charge in [0.1, 0.15) is 13.2 Å². The molecule has 0 atom stereocenters. The summed E-state index contributed by atoms with van der Waals surface area (Å²) < 4.78 is 12.4. The summed E-state index contributed by atoms with van der Waals surface area (Å²) in [6, 6.07) is 20.6. The molecule has 1 aliphatic rings. The molecule has 1 fully saturated rings. The van der Waals surface area contributed by atoms with E-state index in [-0.39, 0.29) is 11.4 Å². The van der Waals surface area contributed by atoms with Crippen LogP contribution in [0.5, 0.6) is 11.5 Å². The van der Waals surface area contributed by atoms with Gasteiger partial charge in [-0.25, -0.2) is 0 Å². The first-order chi connectivity index (χ1) is 18.2. The third-order valence-electron chi connectivity index (χ3n) is 5.83. The standard InChI is InChI=1S/C29H27BrN2O5S/c1-18(2)21-7-11-23(12-8-21)31-27(33)16-32-28(34)26(38-29(32)35)15-20-6-13-24(25(14-20)36-3)37-17-19-4-9-22(30)10-5-19/h4-15,18H,16-17H2,1-3H3,(H,31,33)/b26-15-. The molecule has 1 aliphatic heterocycles. The lowest BCUT2D eigenvalue weighted by Gasteiger charge is -2.13. The molecule has 38 heavy (non-hydrogen) atoms. The third kappa shape index (κ3) is 6.85. The van der Waals surface area contributed by atoms with Gasteiger partial charge < -0.3 is 14.8 Å². The molecule has 3 amide bonds. The monoisotopic (exact) mass is 594 g/mol. The van der Waals surface area contributed by atoms with Crippen LogP contribution in [0.25, 0.3) is 6.08 Å². The second-order valence-electron chi connectivity index (χ2n) is 8.92. The second kappa shape index (κ2) is 12.3. The first-order valence-corrected chi connectivity index (χ1v) is 13.5. The van der Waals surface area contributed by atoms with Crippen molar-refractivity contribution in [3.63, 3.8) is 0 Å². The minimum absolute atomic E-state index is 0.231. The van der Waals surface area contributed by atoms with Crippen LogP contribution < -0.4 is 14.8 Å². The quantitative estimate of drug-likeness (QED) is 0.273. The SMILES string of the molecule is COc1cc(/C=C2\SC(=O)N(CC(=O)Nc3ccc(C(C)C)cc3)C2=O)ccc1OCc1ccc(Br)cc1. The highest BCUT2D eigenvalue weighted by Gasteiger charge is 2.36. The summed E-state index contributed by atoms with van der Waals surface area (Å²) in [6.07, 6.45) is 1.61. The van der Waals surface area contributed by atoms with Crippen LogP contribution in [0.15, 0.2) is 76.1 Å². The van der Waals surface area contributed by atoms with Crippen LogP contribution in [0.2, 0.25) is 0 Å². The van der Waals surface area contributed by atoms with Crippen LogP contribution in [-0.2, 0) is 16.2 Å². The largest absolute Gasteiger partial charge is 0.493 e. The highest BCUT2D eigenvalue weighted by atomic mass is 79.9. The lowest BCUT2D eigenvalue weighted by Crippen LogP contribution is -2.36. The Morgan fingerprint density at radius 2 is 1.74 bits per heavy atom. The van der Waals surface area contributed by atoms with Crippen molar-refractivity contribution in [3.8, 4) is 11.5 Å². The van der Waals surface area contributed by atoms with Gasteiger partial charge in [-0.3, -0.25) is 19.3 Å². The van der Waals surface area contributed by atoms with Gasteiger partial charge in [-0.2, -0.15) is 0 Å². The Bertz CT molecular complexity index is 1370. The normalized spacial score (nSPS) is 14.3. The summed E-state index contributed by atoms with van der Waals surface area (Å²) in [4.78, 5) is 39.1. The fourth-order valence-electron chi connectivity index (χ4n) is 3.72. The van der Waals surface area contributed by atoms with Crippen LogP contribution in [0.3, 0.4) is 0 Å². The Labute approximate surface area is 234 Å². The molecule has 4 rings (SSSR count). The molecule has 1 saturated heterocycles. The van der Waals surface area contributed by atoms with Gasteiger partial charge in [-0.15, -0.1) is 0 Å². The Morgan fingerprint density at radius 1 is 1.03 bits per heavy atom. The number of nitrogens with one attached hydrogen (secondary N) is 1. The zero-order chi connectivity index (χ0) is 27.2. The van der Waals surface area contributed by atoms with Gasteiger partial charge in [0.05, 0.1) is 12.0 Å². The molecule has 9 heteroatoms. The number of carbonyl (C=O) groups is 3. The van der Waals surface area contributed by atoms with Gasteiger partial charge in [0, 0.05) is 10.2 Å². The van der Waals surface area contributed by atoms with Crippen molar-refractivity contribution in [2.75, 3.05) is 19.0 Å². The van der Waals surface area contributed by atoms with E-state index >= 15 is 0 Å². The van der Waals surface area contributed by atoms with Crippen molar-refractivity contribution in [1.82, 2.24) is 4.90 Å². The highest BCUT2D eigenvalue weighted by molar-refractivity contribution is 9.10. The summed E-state index contributed by atoms with van der Waals surface area (Å²) in [5.41, 5.74) is 3.43. The minimum Gasteiger partial charge on any atom is -0.493 e. The predicted molar refractivity (Wildman–Crippen MR) is 153 cm³/mol. The molecule has 1 N–H and O–H groups in total. The zero-order valence-corrected chi connectivity index (χ0v) is 23.6. The van der Waals surface area contributed by atoms with Gasteiger partial charge in [-0.05, 0) is 76.8 Å². The van der Waals surface area contributed by atoms with Crippen molar-refractivity contribution in [2.45, 2.75) is 26.4 Å². The number of carbonyl (C=O) groups excluding carboxylic acids is 3. The van der Waals surface area contributed by atoms with Crippen LogP contribution in [0.4, 0.5) is 10.5 Å². The van der Waals surface area contributed by atoms with E-state index in [1.807, 2.05) is 36.4 Å². The van der Waals surface area contributed by atoms with Crippen molar-refractivity contribution in [2.24, 2.45) is 0 Å². The molecular weight excluding hydrogens is 568 g/mol. The second-order valence-corrected chi connectivity index (χ2v) is 10.8. The summed E-state index contributed by atoms with van der Waals surface area (Å²) in [7, 11) is 1.54. The number of hydrogen-bond donors (Lipinski definition) is 1. The number of rotatable bonds is 9. The molecule has 0 unspecified atom stereocenters. The first kappa shape index (κ1) is 27.5. The molecule has 1 heterocycles. The molecule has 0 radical (unpaired) electrons. The Balaban J connectivity index is 1.40. The van der Waals surface area contributed by atoms with Crippen molar-refractivity contribution in [1.29, 1.82) is 0 Å². The van der Waals surface area contributed by atoms with Crippen LogP contribution in [0, 0.1) is 0 Å². The number of nitrogens with zero attached hydrogens (tertiary/aromatic N) is 1. The average Bonchev–Trinajstić information content (AvgIpc) is 3.16. The molecule has 0 spiro atoms. The number of benzene rings is 3. The average molecular weight is 596 g/mol. The van der Waals surface area contributed by atoms with Crippen molar-refractivity contribution >= 4 is 56.5 Å². The number of ether oxygens (including phenoxy) is 2. The summed E-state index contributed by atoms with van der Waals surface area (Å²) in [6.45, 7) is 4.18. The maximum atomic E-state index is 12.9. The molecule has 3 aromatic carbocycles. The van der Waals surface area contributed by atoms with Gasteiger partial charge >= 0.3 is 0 Å². The Morgan fingerprint density at radius 3 is 2.39 bits per heavy atom. The smallest absolute Gasteiger partial charge is 0.294 e. The van der Waals surface area contributed by atoms with E-state index in [0.717, 1.165) is 32.3 Å². The maximum absolute atomic E-state index is 12.9.